The van der Waals surface area contributed by atoms with Crippen molar-refractivity contribution in [1.29, 1.82) is 0 Å². The number of aliphatic hydroxyl groups is 3. The van der Waals surface area contributed by atoms with Crippen LogP contribution in [0.3, 0.4) is 0 Å². The summed E-state index contributed by atoms with van der Waals surface area (Å²) in [7, 11) is 0. The Morgan fingerprint density at radius 3 is 2.77 bits per heavy atom. The van der Waals surface area contributed by atoms with Crippen molar-refractivity contribution in [3.8, 4) is 0 Å². The first-order valence-corrected chi connectivity index (χ1v) is 9.24. The number of H-pyrrole nitrogens is 2. The summed E-state index contributed by atoms with van der Waals surface area (Å²) in [5.41, 5.74) is 0.107. The maximum Gasteiger partial charge on any atom is 0.330 e. The van der Waals surface area contributed by atoms with E-state index in [1.165, 1.54) is 6.08 Å². The van der Waals surface area contributed by atoms with Crippen LogP contribution in [-0.4, -0.2) is 72.2 Å². The number of aromatic amines is 2. The van der Waals surface area contributed by atoms with Crippen molar-refractivity contribution < 1.29 is 24.9 Å². The van der Waals surface area contributed by atoms with Gasteiger partial charge in [-0.15, -0.1) is 0 Å². The van der Waals surface area contributed by atoms with Gasteiger partial charge in [-0.1, -0.05) is 0 Å². The first-order valence-electron chi connectivity index (χ1n) is 9.24. The van der Waals surface area contributed by atoms with Gasteiger partial charge in [0.1, 0.15) is 18.3 Å². The lowest BCUT2D eigenvalue weighted by Gasteiger charge is -2.17. The molecule has 3 rings (SSSR count). The van der Waals surface area contributed by atoms with E-state index in [1.807, 2.05) is 6.92 Å². The second-order valence-electron chi connectivity index (χ2n) is 6.83. The van der Waals surface area contributed by atoms with Crippen molar-refractivity contribution in [2.75, 3.05) is 13.2 Å². The number of aryl methyl sites for hydroxylation is 1. The van der Waals surface area contributed by atoms with E-state index in [0.717, 1.165) is 28.2 Å². The fraction of sp³-hybridized carbons (Fsp3) is 0.444. The molecule has 0 aliphatic carbocycles. The molecule has 6 N–H and O–H groups in total. The minimum absolute atomic E-state index is 0.0365. The first-order chi connectivity index (χ1) is 14.3. The highest BCUT2D eigenvalue weighted by molar-refractivity contribution is 5.91. The average molecular weight is 421 g/mol. The Balaban J connectivity index is 1.69. The largest absolute Gasteiger partial charge is 0.394 e. The smallest absolute Gasteiger partial charge is 0.330 e. The zero-order chi connectivity index (χ0) is 21.8. The van der Waals surface area contributed by atoms with Crippen LogP contribution >= 0.6 is 0 Å². The fourth-order valence-corrected chi connectivity index (χ4v) is 3.09. The molecular formula is C18H23N5O7. The summed E-state index contributed by atoms with van der Waals surface area (Å²) < 4.78 is 6.19. The molecule has 12 heteroatoms. The summed E-state index contributed by atoms with van der Waals surface area (Å²) in [6, 6.07) is 0. The Labute approximate surface area is 169 Å². The number of nitrogens with one attached hydrogen (secondary N) is 3. The predicted molar refractivity (Wildman–Crippen MR) is 103 cm³/mol. The molecule has 2 aromatic rings. The van der Waals surface area contributed by atoms with Crippen LogP contribution < -0.4 is 16.6 Å². The number of aromatic nitrogens is 4. The van der Waals surface area contributed by atoms with Gasteiger partial charge in [0.15, 0.2) is 6.23 Å². The van der Waals surface area contributed by atoms with Crippen molar-refractivity contribution in [1.82, 2.24) is 24.8 Å². The van der Waals surface area contributed by atoms with Gasteiger partial charge in [-0.05, 0) is 13.0 Å². The highest BCUT2D eigenvalue weighted by Gasteiger charge is 2.43. The van der Waals surface area contributed by atoms with Crippen LogP contribution in [0.2, 0.25) is 0 Å². The number of carbonyl (C=O) groups excluding carboxylic acids is 1. The third-order valence-electron chi connectivity index (χ3n) is 4.80. The molecule has 1 fully saturated rings. The van der Waals surface area contributed by atoms with E-state index in [9.17, 15) is 29.7 Å². The highest BCUT2D eigenvalue weighted by Crippen LogP contribution is 2.28. The van der Waals surface area contributed by atoms with Crippen LogP contribution in [0.25, 0.3) is 6.08 Å². The molecule has 30 heavy (non-hydrogen) atoms. The van der Waals surface area contributed by atoms with Crippen molar-refractivity contribution in [3.63, 3.8) is 0 Å². The third kappa shape index (κ3) is 4.57. The summed E-state index contributed by atoms with van der Waals surface area (Å²) in [5, 5.41) is 31.8. The zero-order valence-corrected chi connectivity index (χ0v) is 16.1. The van der Waals surface area contributed by atoms with E-state index >= 15 is 0 Å². The van der Waals surface area contributed by atoms with Crippen LogP contribution in [0.5, 0.6) is 0 Å². The number of nitrogens with zero attached hydrogens (tertiary/aromatic N) is 2. The van der Waals surface area contributed by atoms with Gasteiger partial charge in [0.2, 0.25) is 5.91 Å². The molecule has 0 saturated carbocycles. The van der Waals surface area contributed by atoms with Gasteiger partial charge in [0, 0.05) is 30.9 Å². The molecule has 1 unspecified atom stereocenters. The number of hydrogen-bond donors (Lipinski definition) is 6. The number of hydrogen-bond acceptors (Lipinski definition) is 8. The van der Waals surface area contributed by atoms with Gasteiger partial charge in [0.25, 0.3) is 5.56 Å². The SMILES string of the molecule is Cc1[nH]cnc1CCNC(=O)C=Cc1cn([C@@H]2O[C@H](CO)C(O)[C@@H]2O)c(=O)[nH]c1=O. The summed E-state index contributed by atoms with van der Waals surface area (Å²) in [5.74, 6) is -0.451. The quantitative estimate of drug-likeness (QED) is 0.266. The number of imidazole rings is 1. The molecule has 162 valence electrons. The van der Waals surface area contributed by atoms with Crippen molar-refractivity contribution in [3.05, 3.63) is 56.4 Å². The van der Waals surface area contributed by atoms with E-state index in [-0.39, 0.29) is 5.56 Å². The van der Waals surface area contributed by atoms with Crippen LogP contribution in [0.15, 0.2) is 28.2 Å². The lowest BCUT2D eigenvalue weighted by atomic mass is 10.1. The zero-order valence-electron chi connectivity index (χ0n) is 16.1. The molecule has 1 aliphatic rings. The number of rotatable bonds is 7. The maximum absolute atomic E-state index is 12.1. The van der Waals surface area contributed by atoms with E-state index in [2.05, 4.69) is 20.3 Å². The molecule has 0 spiro atoms. The normalized spacial score (nSPS) is 23.9. The maximum atomic E-state index is 12.1. The number of ether oxygens (including phenoxy) is 1. The van der Waals surface area contributed by atoms with Crippen molar-refractivity contribution in [2.45, 2.75) is 37.9 Å². The van der Waals surface area contributed by atoms with E-state index in [4.69, 9.17) is 4.74 Å². The minimum Gasteiger partial charge on any atom is -0.394 e. The van der Waals surface area contributed by atoms with Gasteiger partial charge in [-0.3, -0.25) is 19.1 Å². The van der Waals surface area contributed by atoms with Gasteiger partial charge < -0.3 is 30.4 Å². The van der Waals surface area contributed by atoms with E-state index in [1.54, 1.807) is 6.33 Å². The predicted octanol–water partition coefficient (Wildman–Crippen LogP) is -2.45. The standard InChI is InChI=1S/C18H23N5O7/c1-9-11(21-8-20-9)4-5-19-13(25)3-2-10-6-23(18(29)22-16(10)28)17-15(27)14(26)12(7-24)30-17/h2-3,6,8,12,14-15,17,24,26-27H,4-5,7H2,1H3,(H,19,25)(H,20,21)(H,22,28,29)/t12-,14?,15+,17-/m1/s1. The molecule has 2 aromatic heterocycles. The Kier molecular flexibility index (Phi) is 6.62. The highest BCUT2D eigenvalue weighted by atomic mass is 16.6. The van der Waals surface area contributed by atoms with E-state index < -0.39 is 48.3 Å². The molecule has 0 radical (unpaired) electrons. The topological polar surface area (TPSA) is 183 Å². The van der Waals surface area contributed by atoms with Gasteiger partial charge in [-0.25, -0.2) is 9.78 Å². The lowest BCUT2D eigenvalue weighted by molar-refractivity contribution is -0.116. The molecule has 0 aromatic carbocycles. The summed E-state index contributed by atoms with van der Waals surface area (Å²) >= 11 is 0. The van der Waals surface area contributed by atoms with Crippen LogP contribution in [-0.2, 0) is 16.0 Å². The van der Waals surface area contributed by atoms with Crippen molar-refractivity contribution in [2.24, 2.45) is 0 Å². The molecule has 1 amide bonds. The molecule has 1 aliphatic heterocycles. The molecule has 3 heterocycles. The number of carbonyl (C=O) groups is 1. The summed E-state index contributed by atoms with van der Waals surface area (Å²) in [6.07, 6.45) is 0.286. The second kappa shape index (κ2) is 9.17. The van der Waals surface area contributed by atoms with Gasteiger partial charge in [0.05, 0.1) is 24.2 Å². The Morgan fingerprint density at radius 1 is 1.37 bits per heavy atom. The molecular weight excluding hydrogens is 398 g/mol. The Bertz CT molecular complexity index is 1040. The molecule has 4 atom stereocenters. The Hall–Kier alpha value is -3.06. The molecule has 12 nitrogen and oxygen atoms in total. The summed E-state index contributed by atoms with van der Waals surface area (Å²) in [4.78, 5) is 45.3. The van der Waals surface area contributed by atoms with Crippen LogP contribution in [0, 0.1) is 6.92 Å². The van der Waals surface area contributed by atoms with Crippen LogP contribution in [0.1, 0.15) is 23.2 Å². The van der Waals surface area contributed by atoms with Crippen molar-refractivity contribution >= 4 is 12.0 Å². The van der Waals surface area contributed by atoms with E-state index in [0.29, 0.717) is 13.0 Å². The third-order valence-corrected chi connectivity index (χ3v) is 4.80. The number of amides is 1. The van der Waals surface area contributed by atoms with Gasteiger partial charge in [-0.2, -0.15) is 0 Å². The minimum atomic E-state index is -1.49. The molecule has 1 saturated heterocycles. The average Bonchev–Trinajstić information content (AvgIpc) is 3.24. The Morgan fingerprint density at radius 2 is 2.13 bits per heavy atom. The van der Waals surface area contributed by atoms with Gasteiger partial charge >= 0.3 is 5.69 Å². The second-order valence-corrected chi connectivity index (χ2v) is 6.83. The molecule has 0 bridgehead atoms. The monoisotopic (exact) mass is 421 g/mol. The fourth-order valence-electron chi connectivity index (χ4n) is 3.09. The summed E-state index contributed by atoms with van der Waals surface area (Å²) in [6.45, 7) is 1.66. The lowest BCUT2D eigenvalue weighted by Crippen LogP contribution is -2.38. The van der Waals surface area contributed by atoms with Crippen LogP contribution in [0.4, 0.5) is 0 Å². The number of aliphatic hydroxyl groups excluding tert-OH is 3. The first kappa shape index (κ1) is 21.6.